The van der Waals surface area contributed by atoms with Gasteiger partial charge in [0.1, 0.15) is 5.78 Å². The summed E-state index contributed by atoms with van der Waals surface area (Å²) in [6.45, 7) is 1.53. The molecule has 1 aromatic heterocycles. The summed E-state index contributed by atoms with van der Waals surface area (Å²) < 4.78 is 5.14. The Morgan fingerprint density at radius 3 is 2.86 bits per heavy atom. The van der Waals surface area contributed by atoms with E-state index < -0.39 is 0 Å². The van der Waals surface area contributed by atoms with Gasteiger partial charge in [-0.15, -0.1) is 0 Å². The summed E-state index contributed by atoms with van der Waals surface area (Å²) in [5.41, 5.74) is 0. The molecule has 14 heavy (non-hydrogen) atoms. The van der Waals surface area contributed by atoms with Crippen molar-refractivity contribution in [3.05, 3.63) is 11.7 Å². The first kappa shape index (κ1) is 9.37. The minimum Gasteiger partial charge on any atom is -0.339 e. The fourth-order valence-electron chi connectivity index (χ4n) is 1.90. The van der Waals surface area contributed by atoms with Gasteiger partial charge in [0.05, 0.1) is 6.42 Å². The minimum absolute atomic E-state index is 0.0729. The number of hydrogen-bond donors (Lipinski definition) is 0. The predicted octanol–water partition coefficient (Wildman–Crippen LogP) is 1.86. The third kappa shape index (κ3) is 2.00. The highest BCUT2D eigenvalue weighted by Crippen LogP contribution is 2.32. The van der Waals surface area contributed by atoms with Gasteiger partial charge in [0.15, 0.2) is 5.82 Å². The van der Waals surface area contributed by atoms with E-state index in [1.165, 1.54) is 19.8 Å². The zero-order chi connectivity index (χ0) is 9.97. The average molecular weight is 194 g/mol. The number of carbonyl (C=O) groups is 1. The van der Waals surface area contributed by atoms with Gasteiger partial charge >= 0.3 is 0 Å². The Labute approximate surface area is 82.7 Å². The molecule has 1 aliphatic carbocycles. The lowest BCUT2D eigenvalue weighted by Crippen LogP contribution is -1.99. The monoisotopic (exact) mass is 194 g/mol. The number of ketones is 1. The van der Waals surface area contributed by atoms with Crippen LogP contribution in [-0.2, 0) is 11.2 Å². The van der Waals surface area contributed by atoms with E-state index in [-0.39, 0.29) is 12.2 Å². The van der Waals surface area contributed by atoms with Crippen LogP contribution in [-0.4, -0.2) is 15.9 Å². The first-order valence-corrected chi connectivity index (χ1v) is 5.07. The molecule has 4 heteroatoms. The number of hydrogen-bond acceptors (Lipinski definition) is 4. The van der Waals surface area contributed by atoms with Gasteiger partial charge in [-0.05, 0) is 19.8 Å². The molecule has 0 bridgehead atoms. The molecule has 0 aliphatic heterocycles. The summed E-state index contributed by atoms with van der Waals surface area (Å²) in [5.74, 6) is 1.75. The molecule has 4 nitrogen and oxygen atoms in total. The predicted molar refractivity (Wildman–Crippen MR) is 49.9 cm³/mol. The Kier molecular flexibility index (Phi) is 2.61. The lowest BCUT2D eigenvalue weighted by atomic mass is 10.1. The maximum atomic E-state index is 10.8. The Balaban J connectivity index is 2.05. The van der Waals surface area contributed by atoms with Crippen LogP contribution in [0.5, 0.6) is 0 Å². The summed E-state index contributed by atoms with van der Waals surface area (Å²) in [6.07, 6.45) is 5.06. The molecule has 76 valence electrons. The molecular formula is C10H14N2O2. The van der Waals surface area contributed by atoms with Crippen molar-refractivity contribution < 1.29 is 9.32 Å². The van der Waals surface area contributed by atoms with Crippen LogP contribution >= 0.6 is 0 Å². The Morgan fingerprint density at radius 2 is 2.21 bits per heavy atom. The van der Waals surface area contributed by atoms with Gasteiger partial charge in [-0.3, -0.25) is 4.79 Å². The molecule has 2 rings (SSSR count). The van der Waals surface area contributed by atoms with Crippen molar-refractivity contribution in [3.63, 3.8) is 0 Å². The third-order valence-corrected chi connectivity index (χ3v) is 2.60. The summed E-state index contributed by atoms with van der Waals surface area (Å²) in [4.78, 5) is 15.1. The standard InChI is InChI=1S/C10H14N2O2/c1-7(13)6-9-11-10(14-12-9)8-4-2-3-5-8/h8H,2-6H2,1H3. The van der Waals surface area contributed by atoms with Crippen LogP contribution in [0.1, 0.15) is 50.2 Å². The largest absolute Gasteiger partial charge is 0.339 e. The van der Waals surface area contributed by atoms with E-state index in [4.69, 9.17) is 4.52 Å². The van der Waals surface area contributed by atoms with Crippen molar-refractivity contribution in [1.82, 2.24) is 10.1 Å². The van der Waals surface area contributed by atoms with E-state index in [9.17, 15) is 4.79 Å². The van der Waals surface area contributed by atoms with E-state index in [2.05, 4.69) is 10.1 Å². The zero-order valence-electron chi connectivity index (χ0n) is 8.32. The van der Waals surface area contributed by atoms with Gasteiger partial charge < -0.3 is 4.52 Å². The van der Waals surface area contributed by atoms with Crippen LogP contribution in [0.15, 0.2) is 4.52 Å². The molecule has 0 N–H and O–H groups in total. The minimum atomic E-state index is 0.0729. The molecule has 0 radical (unpaired) electrons. The summed E-state index contributed by atoms with van der Waals surface area (Å²) in [5, 5.41) is 3.79. The van der Waals surface area contributed by atoms with Crippen LogP contribution in [0.2, 0.25) is 0 Å². The van der Waals surface area contributed by atoms with Crippen molar-refractivity contribution in [3.8, 4) is 0 Å². The Bertz CT molecular complexity index is 327. The molecule has 1 aromatic rings. The number of nitrogens with zero attached hydrogens (tertiary/aromatic N) is 2. The maximum absolute atomic E-state index is 10.8. The Morgan fingerprint density at radius 1 is 1.50 bits per heavy atom. The fourth-order valence-corrected chi connectivity index (χ4v) is 1.90. The second kappa shape index (κ2) is 3.90. The molecule has 1 saturated carbocycles. The molecule has 1 aliphatic rings. The van der Waals surface area contributed by atoms with Crippen molar-refractivity contribution in [2.45, 2.75) is 44.9 Å². The SMILES string of the molecule is CC(=O)Cc1noc(C2CCCC2)n1. The highest BCUT2D eigenvalue weighted by atomic mass is 16.5. The third-order valence-electron chi connectivity index (χ3n) is 2.60. The summed E-state index contributed by atoms with van der Waals surface area (Å²) >= 11 is 0. The van der Waals surface area contributed by atoms with E-state index in [0.717, 1.165) is 18.7 Å². The highest BCUT2D eigenvalue weighted by Gasteiger charge is 2.22. The molecular weight excluding hydrogens is 180 g/mol. The van der Waals surface area contributed by atoms with Crippen molar-refractivity contribution >= 4 is 5.78 Å². The number of rotatable bonds is 3. The number of Topliss-reactive ketones (excluding diaryl/α,β-unsaturated/α-hetero) is 1. The van der Waals surface area contributed by atoms with Crippen molar-refractivity contribution in [2.24, 2.45) is 0 Å². The fraction of sp³-hybridized carbons (Fsp3) is 0.700. The van der Waals surface area contributed by atoms with Gasteiger partial charge in [0.25, 0.3) is 0 Å². The highest BCUT2D eigenvalue weighted by molar-refractivity contribution is 5.77. The topological polar surface area (TPSA) is 56.0 Å². The zero-order valence-corrected chi connectivity index (χ0v) is 8.32. The molecule has 0 amide bonds. The molecule has 1 heterocycles. The molecule has 0 aromatic carbocycles. The normalized spacial score (nSPS) is 17.5. The lowest BCUT2D eigenvalue weighted by Gasteiger charge is -1.98. The van der Waals surface area contributed by atoms with Crippen molar-refractivity contribution in [1.29, 1.82) is 0 Å². The average Bonchev–Trinajstić information content (AvgIpc) is 2.69. The number of aromatic nitrogens is 2. The van der Waals surface area contributed by atoms with E-state index in [1.54, 1.807) is 0 Å². The quantitative estimate of drug-likeness (QED) is 0.736. The van der Waals surface area contributed by atoms with Gasteiger partial charge in [0, 0.05) is 5.92 Å². The second-order valence-electron chi connectivity index (χ2n) is 3.91. The summed E-state index contributed by atoms with van der Waals surface area (Å²) in [7, 11) is 0. The molecule has 0 unspecified atom stereocenters. The van der Waals surface area contributed by atoms with Gasteiger partial charge in [-0.2, -0.15) is 4.98 Å². The molecule has 0 atom stereocenters. The van der Waals surface area contributed by atoms with Gasteiger partial charge in [-0.25, -0.2) is 0 Å². The van der Waals surface area contributed by atoms with E-state index >= 15 is 0 Å². The van der Waals surface area contributed by atoms with Crippen LogP contribution in [0.4, 0.5) is 0 Å². The first-order valence-electron chi connectivity index (χ1n) is 5.07. The summed E-state index contributed by atoms with van der Waals surface area (Å²) in [6, 6.07) is 0. The van der Waals surface area contributed by atoms with Gasteiger partial charge in [0.2, 0.25) is 5.89 Å². The lowest BCUT2D eigenvalue weighted by molar-refractivity contribution is -0.116. The maximum Gasteiger partial charge on any atom is 0.229 e. The number of carbonyl (C=O) groups excluding carboxylic acids is 1. The molecule has 1 fully saturated rings. The van der Waals surface area contributed by atoms with E-state index in [0.29, 0.717) is 11.7 Å². The Hall–Kier alpha value is -1.19. The van der Waals surface area contributed by atoms with Crippen LogP contribution in [0, 0.1) is 0 Å². The molecule has 0 spiro atoms. The van der Waals surface area contributed by atoms with Crippen LogP contribution < -0.4 is 0 Å². The van der Waals surface area contributed by atoms with Crippen LogP contribution in [0.3, 0.4) is 0 Å². The van der Waals surface area contributed by atoms with Gasteiger partial charge in [-0.1, -0.05) is 18.0 Å². The van der Waals surface area contributed by atoms with Crippen molar-refractivity contribution in [2.75, 3.05) is 0 Å². The second-order valence-corrected chi connectivity index (χ2v) is 3.91. The smallest absolute Gasteiger partial charge is 0.229 e. The van der Waals surface area contributed by atoms with Crippen LogP contribution in [0.25, 0.3) is 0 Å². The van der Waals surface area contributed by atoms with E-state index in [1.807, 2.05) is 0 Å². The first-order chi connectivity index (χ1) is 6.75. The molecule has 0 saturated heterocycles.